The van der Waals surface area contributed by atoms with E-state index >= 15 is 0 Å². The average Bonchev–Trinajstić information content (AvgIpc) is 3.60. The van der Waals surface area contributed by atoms with Gasteiger partial charge in [-0.15, -0.1) is 0 Å². The lowest BCUT2D eigenvalue weighted by Gasteiger charge is -2.27. The van der Waals surface area contributed by atoms with Crippen LogP contribution in [0.3, 0.4) is 0 Å². The molecular formula is C30H35NO6. The molecule has 0 spiro atoms. The van der Waals surface area contributed by atoms with Crippen LogP contribution in [0.1, 0.15) is 54.6 Å². The summed E-state index contributed by atoms with van der Waals surface area (Å²) in [5.74, 6) is 0.967. The lowest BCUT2D eigenvalue weighted by atomic mass is 9.83. The van der Waals surface area contributed by atoms with Crippen LogP contribution in [0, 0.1) is 0 Å². The van der Waals surface area contributed by atoms with Crippen LogP contribution in [0.25, 0.3) is 0 Å². The van der Waals surface area contributed by atoms with Gasteiger partial charge in [0.05, 0.1) is 20.3 Å². The topological polar surface area (TPSA) is 83.4 Å². The Morgan fingerprint density at radius 1 is 1.05 bits per heavy atom. The molecule has 4 rings (SSSR count). The molecule has 0 saturated carbocycles. The van der Waals surface area contributed by atoms with Gasteiger partial charge in [0.25, 0.3) is 0 Å². The van der Waals surface area contributed by atoms with Gasteiger partial charge in [-0.3, -0.25) is 9.79 Å². The number of aliphatic imine (C=N–C) groups is 1. The Hall–Kier alpha value is -3.45. The number of benzene rings is 2. The number of Topliss-reactive ketones (excluding diaryl/α,β-unsaturated/α-hetero) is 1. The van der Waals surface area contributed by atoms with Crippen LogP contribution in [-0.2, 0) is 27.1 Å². The number of esters is 1. The number of hydrogen-bond donors (Lipinski definition) is 0. The lowest BCUT2D eigenvalue weighted by molar-refractivity contribution is -0.163. The molecular weight excluding hydrogens is 470 g/mol. The summed E-state index contributed by atoms with van der Waals surface area (Å²) in [4.78, 5) is 31.0. The van der Waals surface area contributed by atoms with Gasteiger partial charge < -0.3 is 18.9 Å². The van der Waals surface area contributed by atoms with Crippen molar-refractivity contribution in [1.82, 2.24) is 0 Å². The molecule has 0 aromatic heterocycles. The van der Waals surface area contributed by atoms with E-state index in [-0.39, 0.29) is 11.8 Å². The minimum absolute atomic E-state index is 0.0995. The van der Waals surface area contributed by atoms with Gasteiger partial charge in [-0.05, 0) is 79.8 Å². The average molecular weight is 506 g/mol. The van der Waals surface area contributed by atoms with E-state index in [0.29, 0.717) is 50.4 Å². The molecule has 37 heavy (non-hydrogen) atoms. The van der Waals surface area contributed by atoms with Gasteiger partial charge in [-0.2, -0.15) is 0 Å². The number of ketones is 1. The first-order valence-corrected chi connectivity index (χ1v) is 12.9. The fourth-order valence-corrected chi connectivity index (χ4v) is 4.97. The van der Waals surface area contributed by atoms with Crippen LogP contribution in [0.2, 0.25) is 0 Å². The van der Waals surface area contributed by atoms with Crippen molar-refractivity contribution in [3.63, 3.8) is 0 Å². The quantitative estimate of drug-likeness (QED) is 0.300. The number of nitrogens with zero attached hydrogens (tertiary/aromatic N) is 1. The smallest absolute Gasteiger partial charge is 0.338 e. The normalized spacial score (nSPS) is 22.2. The van der Waals surface area contributed by atoms with Crippen molar-refractivity contribution >= 4 is 18.0 Å². The summed E-state index contributed by atoms with van der Waals surface area (Å²) in [6.45, 7) is 5.61. The maximum atomic E-state index is 13.8. The maximum Gasteiger partial charge on any atom is 0.338 e. The highest BCUT2D eigenvalue weighted by Crippen LogP contribution is 2.35. The van der Waals surface area contributed by atoms with Crippen molar-refractivity contribution in [3.05, 3.63) is 71.3 Å². The zero-order valence-electron chi connectivity index (χ0n) is 21.8. The number of ether oxygens (including phenoxy) is 4. The summed E-state index contributed by atoms with van der Waals surface area (Å²) in [5, 5.41) is 0. The van der Waals surface area contributed by atoms with Crippen molar-refractivity contribution in [2.75, 3.05) is 26.9 Å². The molecule has 7 heteroatoms. The van der Waals surface area contributed by atoms with Gasteiger partial charge >= 0.3 is 5.97 Å². The number of carbonyl (C=O) groups excluding carboxylic acids is 2. The van der Waals surface area contributed by atoms with E-state index in [4.69, 9.17) is 18.9 Å². The summed E-state index contributed by atoms with van der Waals surface area (Å²) in [7, 11) is 1.39. The minimum Gasteiger partial charge on any atom is -0.494 e. The number of allylic oxidation sites excluding steroid dienone is 1. The third-order valence-electron chi connectivity index (χ3n) is 6.78. The van der Waals surface area contributed by atoms with Gasteiger partial charge in [0.1, 0.15) is 17.0 Å². The predicted molar refractivity (Wildman–Crippen MR) is 142 cm³/mol. The predicted octanol–water partition coefficient (Wildman–Crippen LogP) is 4.94. The Morgan fingerprint density at radius 2 is 1.86 bits per heavy atom. The molecule has 7 nitrogen and oxygen atoms in total. The highest BCUT2D eigenvalue weighted by Gasteiger charge is 2.44. The maximum absolute atomic E-state index is 13.8. The first kappa shape index (κ1) is 26.6. The molecule has 1 saturated heterocycles. The molecule has 0 N–H and O–H groups in total. The molecule has 2 aliphatic rings. The second-order valence-corrected chi connectivity index (χ2v) is 9.43. The monoisotopic (exact) mass is 505 g/mol. The highest BCUT2D eigenvalue weighted by atomic mass is 16.6. The molecule has 0 aliphatic carbocycles. The van der Waals surface area contributed by atoms with Crippen LogP contribution in [-0.4, -0.2) is 56.0 Å². The van der Waals surface area contributed by atoms with E-state index in [9.17, 15) is 9.59 Å². The van der Waals surface area contributed by atoms with Gasteiger partial charge in [-0.1, -0.05) is 19.1 Å². The van der Waals surface area contributed by atoms with E-state index in [1.54, 1.807) is 24.4 Å². The standard InChI is InChI=1S/C30H35NO6/c1-4-17-36-25-11-9-23(10-12-25)27(32)29(14-6-16-31-29)21-24-19-22(8-13-26(24)35-5-2)20-30(28(33)34-3)15-7-18-37-30/h6,8-14,16,19H,4-5,7,15,17-18,20-21H2,1-3H3. The number of hydrogen-bond acceptors (Lipinski definition) is 7. The molecule has 2 heterocycles. The van der Waals surface area contributed by atoms with Crippen molar-refractivity contribution in [3.8, 4) is 11.5 Å². The number of carbonyl (C=O) groups is 2. The highest BCUT2D eigenvalue weighted by molar-refractivity contribution is 6.07. The molecule has 2 aromatic carbocycles. The second-order valence-electron chi connectivity index (χ2n) is 9.43. The first-order chi connectivity index (χ1) is 17.9. The fraction of sp³-hybridized carbons (Fsp3) is 0.433. The lowest BCUT2D eigenvalue weighted by Crippen LogP contribution is -2.41. The molecule has 0 bridgehead atoms. The van der Waals surface area contributed by atoms with Gasteiger partial charge in [-0.25, -0.2) is 4.79 Å². The van der Waals surface area contributed by atoms with Crippen LogP contribution < -0.4 is 9.47 Å². The van der Waals surface area contributed by atoms with Crippen LogP contribution in [0.15, 0.2) is 59.6 Å². The number of methoxy groups -OCH3 is 1. The summed E-state index contributed by atoms with van der Waals surface area (Å²) in [6, 6.07) is 13.0. The SMILES string of the molecule is CCCOc1ccc(C(=O)C2(Cc3cc(CC4(C(=O)OC)CCCO4)ccc3OCC)C=CC=N2)cc1. The molecule has 0 radical (unpaired) electrons. The molecule has 196 valence electrons. The fourth-order valence-electron chi connectivity index (χ4n) is 4.97. The van der Waals surface area contributed by atoms with Gasteiger partial charge in [0.15, 0.2) is 11.4 Å². The number of rotatable bonds is 12. The zero-order chi connectivity index (χ0) is 26.3. The van der Waals surface area contributed by atoms with Crippen LogP contribution in [0.4, 0.5) is 0 Å². The van der Waals surface area contributed by atoms with Crippen molar-refractivity contribution < 1.29 is 28.5 Å². The Kier molecular flexibility index (Phi) is 8.44. The summed E-state index contributed by atoms with van der Waals surface area (Å²) >= 11 is 0. The summed E-state index contributed by atoms with van der Waals surface area (Å²) in [6.07, 6.45) is 8.35. The van der Waals surface area contributed by atoms with E-state index in [0.717, 1.165) is 29.7 Å². The zero-order valence-corrected chi connectivity index (χ0v) is 21.8. The van der Waals surface area contributed by atoms with Crippen LogP contribution >= 0.6 is 0 Å². The molecule has 2 atom stereocenters. The molecule has 0 amide bonds. The second kappa shape index (κ2) is 11.7. The summed E-state index contributed by atoms with van der Waals surface area (Å²) in [5.41, 5.74) is 0.250. The Bertz CT molecular complexity index is 1150. The van der Waals surface area contributed by atoms with Crippen LogP contribution in [0.5, 0.6) is 11.5 Å². The largest absolute Gasteiger partial charge is 0.494 e. The molecule has 2 aliphatic heterocycles. The van der Waals surface area contributed by atoms with Gasteiger partial charge in [0, 0.05) is 31.2 Å². The minimum atomic E-state index is -1.08. The Morgan fingerprint density at radius 3 is 2.49 bits per heavy atom. The van der Waals surface area contributed by atoms with Crippen molar-refractivity contribution in [1.29, 1.82) is 0 Å². The summed E-state index contributed by atoms with van der Waals surface area (Å²) < 4.78 is 22.5. The Balaban J connectivity index is 1.63. The van der Waals surface area contributed by atoms with E-state index < -0.39 is 11.1 Å². The van der Waals surface area contributed by atoms with Gasteiger partial charge in [0.2, 0.25) is 0 Å². The molecule has 2 aromatic rings. The van der Waals surface area contributed by atoms with Crippen molar-refractivity contribution in [2.45, 2.75) is 57.1 Å². The van der Waals surface area contributed by atoms with E-state index in [2.05, 4.69) is 4.99 Å². The Labute approximate surface area is 218 Å². The first-order valence-electron chi connectivity index (χ1n) is 12.9. The molecule has 2 unspecified atom stereocenters. The van der Waals surface area contributed by atoms with Crippen molar-refractivity contribution in [2.24, 2.45) is 4.99 Å². The van der Waals surface area contributed by atoms with E-state index in [1.807, 2.05) is 50.3 Å². The molecule has 1 fully saturated rings. The third kappa shape index (κ3) is 5.77. The van der Waals surface area contributed by atoms with E-state index in [1.165, 1.54) is 7.11 Å². The third-order valence-corrected chi connectivity index (χ3v) is 6.78.